The summed E-state index contributed by atoms with van der Waals surface area (Å²) in [4.78, 5) is 9.14. The lowest BCUT2D eigenvalue weighted by molar-refractivity contribution is 0.405. The van der Waals surface area contributed by atoms with Crippen LogP contribution in [0.2, 0.25) is 0 Å². The molecule has 0 spiro atoms. The SMILES string of the molecule is CNc1nc2ccccc2n2cc(-c3cccc(O)c3O)nc12. The predicted molar refractivity (Wildman–Crippen MR) is 88.8 cm³/mol. The van der Waals surface area contributed by atoms with E-state index in [0.29, 0.717) is 22.7 Å². The molecule has 4 aromatic rings. The summed E-state index contributed by atoms with van der Waals surface area (Å²) >= 11 is 0. The van der Waals surface area contributed by atoms with Crippen LogP contribution in [0.1, 0.15) is 0 Å². The van der Waals surface area contributed by atoms with Gasteiger partial charge in [0.2, 0.25) is 0 Å². The molecule has 0 radical (unpaired) electrons. The number of rotatable bonds is 2. The largest absolute Gasteiger partial charge is 0.504 e. The molecule has 23 heavy (non-hydrogen) atoms. The lowest BCUT2D eigenvalue weighted by Crippen LogP contribution is -1.98. The Labute approximate surface area is 131 Å². The molecule has 6 nitrogen and oxygen atoms in total. The molecule has 4 rings (SSSR count). The van der Waals surface area contributed by atoms with Crippen molar-refractivity contribution < 1.29 is 10.2 Å². The van der Waals surface area contributed by atoms with Gasteiger partial charge in [-0.3, -0.25) is 4.40 Å². The number of anilines is 1. The number of phenols is 2. The topological polar surface area (TPSA) is 82.7 Å². The number of phenolic OH excluding ortho intramolecular Hbond substituents is 2. The number of fused-ring (bicyclic) bond motifs is 3. The summed E-state index contributed by atoms with van der Waals surface area (Å²) in [6.45, 7) is 0. The van der Waals surface area contributed by atoms with E-state index in [-0.39, 0.29) is 11.5 Å². The Kier molecular flexibility index (Phi) is 2.84. The van der Waals surface area contributed by atoms with Crippen LogP contribution in [0.25, 0.3) is 27.9 Å². The van der Waals surface area contributed by atoms with Gasteiger partial charge in [-0.2, -0.15) is 0 Å². The van der Waals surface area contributed by atoms with Gasteiger partial charge >= 0.3 is 0 Å². The molecular formula is C17H14N4O2. The Morgan fingerprint density at radius 1 is 1.00 bits per heavy atom. The molecule has 0 atom stereocenters. The average Bonchev–Trinajstić information content (AvgIpc) is 3.02. The van der Waals surface area contributed by atoms with Crippen LogP contribution in [0.15, 0.2) is 48.7 Å². The quantitative estimate of drug-likeness (QED) is 0.496. The molecule has 6 heteroatoms. The first-order valence-electron chi connectivity index (χ1n) is 7.16. The molecule has 0 aliphatic carbocycles. The highest BCUT2D eigenvalue weighted by Gasteiger charge is 2.15. The van der Waals surface area contributed by atoms with E-state index in [0.717, 1.165) is 11.0 Å². The monoisotopic (exact) mass is 306 g/mol. The lowest BCUT2D eigenvalue weighted by atomic mass is 10.1. The van der Waals surface area contributed by atoms with Gasteiger partial charge in [0.25, 0.3) is 0 Å². The van der Waals surface area contributed by atoms with E-state index in [1.165, 1.54) is 6.07 Å². The molecule has 3 N–H and O–H groups in total. The van der Waals surface area contributed by atoms with Crippen molar-refractivity contribution in [3.63, 3.8) is 0 Å². The van der Waals surface area contributed by atoms with E-state index in [9.17, 15) is 10.2 Å². The third-order valence-electron chi connectivity index (χ3n) is 3.82. The molecule has 2 aromatic heterocycles. The average molecular weight is 306 g/mol. The smallest absolute Gasteiger partial charge is 0.181 e. The molecular weight excluding hydrogens is 292 g/mol. The van der Waals surface area contributed by atoms with E-state index < -0.39 is 0 Å². The second-order valence-electron chi connectivity index (χ2n) is 5.19. The van der Waals surface area contributed by atoms with Crippen LogP contribution in [-0.2, 0) is 0 Å². The minimum Gasteiger partial charge on any atom is -0.504 e. The number of nitrogens with one attached hydrogen (secondary N) is 1. The molecule has 0 unspecified atom stereocenters. The van der Waals surface area contributed by atoms with Gasteiger partial charge in [-0.1, -0.05) is 18.2 Å². The zero-order chi connectivity index (χ0) is 16.0. The molecule has 0 aliphatic heterocycles. The van der Waals surface area contributed by atoms with Crippen LogP contribution >= 0.6 is 0 Å². The van der Waals surface area contributed by atoms with E-state index in [1.807, 2.05) is 34.9 Å². The summed E-state index contributed by atoms with van der Waals surface area (Å²) in [5, 5.41) is 22.8. The first-order valence-corrected chi connectivity index (χ1v) is 7.16. The van der Waals surface area contributed by atoms with Gasteiger partial charge in [-0.15, -0.1) is 0 Å². The van der Waals surface area contributed by atoms with Crippen LogP contribution in [0.3, 0.4) is 0 Å². The number of imidazole rings is 1. The van der Waals surface area contributed by atoms with Gasteiger partial charge in [-0.25, -0.2) is 9.97 Å². The third-order valence-corrected chi connectivity index (χ3v) is 3.82. The maximum Gasteiger partial charge on any atom is 0.181 e. The van der Waals surface area contributed by atoms with Crippen molar-refractivity contribution in [1.82, 2.24) is 14.4 Å². The highest BCUT2D eigenvalue weighted by molar-refractivity contribution is 5.85. The Morgan fingerprint density at radius 2 is 1.83 bits per heavy atom. The molecule has 0 saturated heterocycles. The summed E-state index contributed by atoms with van der Waals surface area (Å²) in [6.07, 6.45) is 1.83. The third kappa shape index (κ3) is 1.96. The number of hydrogen-bond donors (Lipinski definition) is 3. The maximum atomic E-state index is 10.1. The maximum absolute atomic E-state index is 10.1. The Balaban J connectivity index is 2.07. The van der Waals surface area contributed by atoms with Crippen molar-refractivity contribution in [3.8, 4) is 22.8 Å². The van der Waals surface area contributed by atoms with Crippen molar-refractivity contribution in [2.75, 3.05) is 12.4 Å². The molecule has 0 fully saturated rings. The Bertz CT molecular complexity index is 1040. The van der Waals surface area contributed by atoms with Crippen molar-refractivity contribution in [2.24, 2.45) is 0 Å². The van der Waals surface area contributed by atoms with E-state index in [4.69, 9.17) is 0 Å². The number of hydrogen-bond acceptors (Lipinski definition) is 5. The number of para-hydroxylation sites is 3. The zero-order valence-corrected chi connectivity index (χ0v) is 12.4. The summed E-state index contributed by atoms with van der Waals surface area (Å²) in [6, 6.07) is 12.6. The molecule has 2 heterocycles. The minimum absolute atomic E-state index is 0.170. The van der Waals surface area contributed by atoms with Crippen LogP contribution in [0.5, 0.6) is 11.5 Å². The van der Waals surface area contributed by atoms with Gasteiger partial charge in [0.1, 0.15) is 0 Å². The number of benzene rings is 2. The summed E-state index contributed by atoms with van der Waals surface area (Å²) in [5.74, 6) is 0.296. The van der Waals surface area contributed by atoms with Crippen LogP contribution < -0.4 is 5.32 Å². The summed E-state index contributed by atoms with van der Waals surface area (Å²) < 4.78 is 1.92. The van der Waals surface area contributed by atoms with Crippen molar-refractivity contribution in [2.45, 2.75) is 0 Å². The molecule has 0 aliphatic rings. The summed E-state index contributed by atoms with van der Waals surface area (Å²) in [7, 11) is 1.79. The first-order chi connectivity index (χ1) is 11.2. The summed E-state index contributed by atoms with van der Waals surface area (Å²) in [5.41, 5.74) is 3.45. The van der Waals surface area contributed by atoms with Crippen molar-refractivity contribution in [3.05, 3.63) is 48.7 Å². The number of nitrogens with zero attached hydrogens (tertiary/aromatic N) is 3. The van der Waals surface area contributed by atoms with Crippen molar-refractivity contribution >= 4 is 22.5 Å². The Hall–Kier alpha value is -3.28. The van der Waals surface area contributed by atoms with Gasteiger partial charge < -0.3 is 15.5 Å². The highest BCUT2D eigenvalue weighted by Crippen LogP contribution is 2.36. The fraction of sp³-hybridized carbons (Fsp3) is 0.0588. The predicted octanol–water partition coefficient (Wildman–Crippen LogP) is 3.00. The van der Waals surface area contributed by atoms with Crippen LogP contribution in [-0.4, -0.2) is 31.6 Å². The molecule has 0 bridgehead atoms. The van der Waals surface area contributed by atoms with Crippen LogP contribution in [0.4, 0.5) is 5.82 Å². The second kappa shape index (κ2) is 4.88. The van der Waals surface area contributed by atoms with Gasteiger partial charge in [0.15, 0.2) is 23.0 Å². The number of aromatic hydroxyl groups is 2. The highest BCUT2D eigenvalue weighted by atomic mass is 16.3. The van der Waals surface area contributed by atoms with Gasteiger partial charge in [0.05, 0.1) is 16.7 Å². The molecule has 114 valence electrons. The van der Waals surface area contributed by atoms with E-state index in [2.05, 4.69) is 15.3 Å². The van der Waals surface area contributed by atoms with Gasteiger partial charge in [-0.05, 0) is 24.3 Å². The number of aromatic nitrogens is 3. The fourth-order valence-corrected chi connectivity index (χ4v) is 2.70. The van der Waals surface area contributed by atoms with Crippen molar-refractivity contribution in [1.29, 1.82) is 0 Å². The van der Waals surface area contributed by atoms with E-state index >= 15 is 0 Å². The normalized spacial score (nSPS) is 11.2. The van der Waals surface area contributed by atoms with E-state index in [1.54, 1.807) is 19.2 Å². The first kappa shape index (κ1) is 13.4. The lowest BCUT2D eigenvalue weighted by Gasteiger charge is -2.05. The second-order valence-corrected chi connectivity index (χ2v) is 5.19. The standard InChI is InChI=1S/C17H14N4O2/c1-18-16-17-20-12(10-5-4-8-14(22)15(10)23)9-21(17)13-7-3-2-6-11(13)19-16/h2-9,22-23H,1H3,(H,18,19). The fourth-order valence-electron chi connectivity index (χ4n) is 2.70. The molecule has 0 amide bonds. The Morgan fingerprint density at radius 3 is 2.65 bits per heavy atom. The van der Waals surface area contributed by atoms with Gasteiger partial charge in [0, 0.05) is 18.8 Å². The zero-order valence-electron chi connectivity index (χ0n) is 12.4. The van der Waals surface area contributed by atoms with Crippen LogP contribution in [0, 0.1) is 0 Å². The molecule has 0 saturated carbocycles. The molecule has 2 aromatic carbocycles. The minimum atomic E-state index is -0.181.